The molecule has 0 amide bonds. The van der Waals surface area contributed by atoms with E-state index < -0.39 is 14.9 Å². The first-order chi connectivity index (χ1) is 15.9. The number of non-ortho nitro benzene ring substituents is 1. The average molecular weight is 455 g/mol. The van der Waals surface area contributed by atoms with Crippen molar-refractivity contribution in [3.05, 3.63) is 111 Å². The zero-order chi connectivity index (χ0) is 23.3. The molecule has 0 aromatic heterocycles. The minimum atomic E-state index is -3.98. The van der Waals surface area contributed by atoms with Crippen LogP contribution in [0.2, 0.25) is 0 Å². The van der Waals surface area contributed by atoms with E-state index in [0.29, 0.717) is 5.57 Å². The van der Waals surface area contributed by atoms with Gasteiger partial charge in [-0.2, -0.15) is 4.31 Å². The molecule has 33 heavy (non-hydrogen) atoms. The van der Waals surface area contributed by atoms with E-state index in [-0.39, 0.29) is 23.7 Å². The van der Waals surface area contributed by atoms with Gasteiger partial charge < -0.3 is 0 Å². The fourth-order valence-corrected chi connectivity index (χ4v) is 4.57. The van der Waals surface area contributed by atoms with Crippen molar-refractivity contribution < 1.29 is 13.3 Å². The smallest absolute Gasteiger partial charge is 0.258 e. The molecule has 0 saturated carbocycles. The van der Waals surface area contributed by atoms with Crippen LogP contribution in [0.4, 0.5) is 5.69 Å². The lowest BCUT2D eigenvalue weighted by Gasteiger charge is -2.20. The molecule has 1 aliphatic heterocycles. The third kappa shape index (κ3) is 5.19. The van der Waals surface area contributed by atoms with E-state index in [4.69, 9.17) is 0 Å². The van der Waals surface area contributed by atoms with Gasteiger partial charge in [0.25, 0.3) is 5.69 Å². The molecule has 0 atom stereocenters. The van der Waals surface area contributed by atoms with Gasteiger partial charge in [-0.25, -0.2) is 8.42 Å². The van der Waals surface area contributed by atoms with Crippen molar-refractivity contribution in [3.8, 4) is 23.7 Å². The second-order valence-electron chi connectivity index (χ2n) is 7.20. The van der Waals surface area contributed by atoms with Crippen LogP contribution in [-0.4, -0.2) is 30.7 Å². The number of nitro benzene ring substituents is 1. The van der Waals surface area contributed by atoms with Crippen LogP contribution in [0.1, 0.15) is 16.7 Å². The number of sulfonamides is 1. The first-order valence-electron chi connectivity index (χ1n) is 10.0. The number of nitrogens with zero attached hydrogens (tertiary/aromatic N) is 2. The fraction of sp³-hybridized carbons (Fsp3) is 0.0769. The zero-order valence-electron chi connectivity index (χ0n) is 17.4. The second kappa shape index (κ2) is 9.54. The Kier molecular flexibility index (Phi) is 6.37. The van der Waals surface area contributed by atoms with Gasteiger partial charge >= 0.3 is 0 Å². The molecule has 4 rings (SSSR count). The summed E-state index contributed by atoms with van der Waals surface area (Å²) in [5.41, 5.74) is 2.81. The van der Waals surface area contributed by atoms with Crippen molar-refractivity contribution in [1.82, 2.24) is 4.31 Å². The molecule has 6 nitrogen and oxygen atoms in total. The van der Waals surface area contributed by atoms with E-state index in [1.165, 1.54) is 28.6 Å². The van der Waals surface area contributed by atoms with Gasteiger partial charge in [0.2, 0.25) is 10.0 Å². The molecule has 7 heteroatoms. The van der Waals surface area contributed by atoms with Crippen LogP contribution < -0.4 is 0 Å². The molecule has 0 bridgehead atoms. The molecule has 0 unspecified atom stereocenters. The lowest BCUT2D eigenvalue weighted by molar-refractivity contribution is -0.384. The Morgan fingerprint density at radius 3 is 2.15 bits per heavy atom. The highest BCUT2D eigenvalue weighted by atomic mass is 32.2. The van der Waals surface area contributed by atoms with Crippen LogP contribution in [0.3, 0.4) is 0 Å². The minimum absolute atomic E-state index is 0.0120. The summed E-state index contributed by atoms with van der Waals surface area (Å²) in [5, 5.41) is 10.9. The predicted molar refractivity (Wildman–Crippen MR) is 126 cm³/mol. The molecule has 0 aliphatic carbocycles. The van der Waals surface area contributed by atoms with E-state index in [1.807, 2.05) is 60.7 Å². The highest BCUT2D eigenvalue weighted by Gasteiger charge is 2.25. The Labute approximate surface area is 192 Å². The number of rotatable bonds is 4. The van der Waals surface area contributed by atoms with E-state index in [9.17, 15) is 18.5 Å². The van der Waals surface area contributed by atoms with Crippen LogP contribution in [0, 0.1) is 33.8 Å². The average Bonchev–Trinajstić information content (AvgIpc) is 2.83. The van der Waals surface area contributed by atoms with Crippen LogP contribution in [0.5, 0.6) is 0 Å². The van der Waals surface area contributed by atoms with Crippen molar-refractivity contribution in [2.75, 3.05) is 13.1 Å². The lowest BCUT2D eigenvalue weighted by atomic mass is 10.1. The Bertz CT molecular complexity index is 1450. The topological polar surface area (TPSA) is 80.5 Å². The maximum atomic E-state index is 13.4. The Morgan fingerprint density at radius 2 is 1.48 bits per heavy atom. The summed E-state index contributed by atoms with van der Waals surface area (Å²) >= 11 is 0. The van der Waals surface area contributed by atoms with Crippen molar-refractivity contribution in [1.29, 1.82) is 0 Å². The normalized spacial score (nSPS) is 14.8. The molecule has 3 aromatic carbocycles. The summed E-state index contributed by atoms with van der Waals surface area (Å²) in [6.45, 7) is -0.0421. The number of fused-ring (bicyclic) bond motifs is 1. The summed E-state index contributed by atoms with van der Waals surface area (Å²) in [4.78, 5) is 10.3. The molecule has 0 radical (unpaired) electrons. The summed E-state index contributed by atoms with van der Waals surface area (Å²) < 4.78 is 28.0. The Morgan fingerprint density at radius 1 is 0.848 bits per heavy atom. The number of nitro groups is 1. The number of hydrogen-bond acceptors (Lipinski definition) is 4. The summed E-state index contributed by atoms with van der Waals surface area (Å²) in [6.07, 6.45) is 1.85. The van der Waals surface area contributed by atoms with Gasteiger partial charge in [-0.05, 0) is 35.9 Å². The zero-order valence-corrected chi connectivity index (χ0v) is 18.2. The molecular formula is C26H18N2O4S. The second-order valence-corrected chi connectivity index (χ2v) is 9.14. The third-order valence-corrected chi connectivity index (χ3v) is 6.74. The van der Waals surface area contributed by atoms with Crippen LogP contribution in [-0.2, 0) is 10.0 Å². The van der Waals surface area contributed by atoms with Gasteiger partial charge in [0.15, 0.2) is 0 Å². The lowest BCUT2D eigenvalue weighted by Crippen LogP contribution is -2.33. The molecule has 162 valence electrons. The highest BCUT2D eigenvalue weighted by molar-refractivity contribution is 7.89. The van der Waals surface area contributed by atoms with Crippen molar-refractivity contribution in [2.24, 2.45) is 0 Å². The van der Waals surface area contributed by atoms with Gasteiger partial charge in [-0.1, -0.05) is 66.1 Å². The van der Waals surface area contributed by atoms with Gasteiger partial charge in [-0.3, -0.25) is 10.1 Å². The van der Waals surface area contributed by atoms with Crippen LogP contribution in [0.15, 0.2) is 89.3 Å². The maximum absolute atomic E-state index is 13.4. The highest BCUT2D eigenvalue weighted by Crippen LogP contribution is 2.21. The van der Waals surface area contributed by atoms with Crippen LogP contribution >= 0.6 is 0 Å². The molecular weight excluding hydrogens is 436 g/mol. The number of benzene rings is 3. The van der Waals surface area contributed by atoms with E-state index in [0.717, 1.165) is 16.7 Å². The van der Waals surface area contributed by atoms with Crippen LogP contribution in [0.25, 0.3) is 6.08 Å². The Balaban J connectivity index is 1.78. The molecule has 0 spiro atoms. The van der Waals surface area contributed by atoms with Gasteiger partial charge in [0.05, 0.1) is 16.4 Å². The third-order valence-electron chi connectivity index (χ3n) is 4.94. The Hall–Kier alpha value is -4.17. The molecule has 1 heterocycles. The summed E-state index contributed by atoms with van der Waals surface area (Å²) in [7, 11) is -3.98. The summed E-state index contributed by atoms with van der Waals surface area (Å²) in [5.74, 6) is 12.2. The molecule has 0 saturated heterocycles. The van der Waals surface area contributed by atoms with E-state index in [2.05, 4.69) is 23.7 Å². The standard InChI is InChI=1S/C26H18N2O4S/c29-28(30)25-14-16-26(17-15-25)33(31,32)27-18-6-11-23-9-4-5-10-24(23)13-12-22(20-27)19-21-7-2-1-3-8-21/h1-5,7-10,14-17,19H,18,20H2/b22-19-. The predicted octanol–water partition coefficient (Wildman–Crippen LogP) is 4.09. The quantitative estimate of drug-likeness (QED) is 0.338. The van der Waals surface area contributed by atoms with E-state index in [1.54, 1.807) is 0 Å². The largest absolute Gasteiger partial charge is 0.269 e. The first-order valence-corrected chi connectivity index (χ1v) is 11.5. The molecule has 1 aliphatic rings. The van der Waals surface area contributed by atoms with Gasteiger partial charge in [-0.15, -0.1) is 0 Å². The maximum Gasteiger partial charge on any atom is 0.269 e. The molecule has 0 N–H and O–H groups in total. The summed E-state index contributed by atoms with van der Waals surface area (Å²) in [6, 6.07) is 21.8. The molecule has 3 aromatic rings. The van der Waals surface area contributed by atoms with E-state index >= 15 is 0 Å². The van der Waals surface area contributed by atoms with Crippen molar-refractivity contribution >= 4 is 21.8 Å². The minimum Gasteiger partial charge on any atom is -0.258 e. The monoisotopic (exact) mass is 454 g/mol. The first kappa shape index (κ1) is 22.0. The number of hydrogen-bond donors (Lipinski definition) is 0. The SMILES string of the molecule is O=[N+]([O-])c1ccc(S(=O)(=O)N2CC#Cc3ccccc3C#C/C(=C/c3ccccc3)C2)cc1. The van der Waals surface area contributed by atoms with Gasteiger partial charge in [0, 0.05) is 35.4 Å². The van der Waals surface area contributed by atoms with Gasteiger partial charge in [0.1, 0.15) is 0 Å². The van der Waals surface area contributed by atoms with Crippen molar-refractivity contribution in [3.63, 3.8) is 0 Å². The fourth-order valence-electron chi connectivity index (χ4n) is 3.25. The van der Waals surface area contributed by atoms with Crippen molar-refractivity contribution in [2.45, 2.75) is 4.90 Å². The molecule has 0 fully saturated rings.